The molecule has 0 aromatic heterocycles. The molecule has 0 spiro atoms. The number of aryl methyl sites for hydroxylation is 2. The van der Waals surface area contributed by atoms with E-state index < -0.39 is 0 Å². The molecule has 0 atom stereocenters. The van der Waals surface area contributed by atoms with Gasteiger partial charge in [0.1, 0.15) is 0 Å². The molecule has 1 N–H and O–H groups in total. The third-order valence-electron chi connectivity index (χ3n) is 5.44. The Hall–Kier alpha value is -2.50. The van der Waals surface area contributed by atoms with E-state index in [4.69, 9.17) is 0 Å². The maximum absolute atomic E-state index is 12.5. The van der Waals surface area contributed by atoms with Crippen LogP contribution >= 0.6 is 0 Å². The summed E-state index contributed by atoms with van der Waals surface area (Å²) in [6, 6.07) is 15.7. The summed E-state index contributed by atoms with van der Waals surface area (Å²) >= 11 is 0. The highest BCUT2D eigenvalue weighted by molar-refractivity contribution is 5.98. The minimum absolute atomic E-state index is 0.00799. The van der Waals surface area contributed by atoms with Gasteiger partial charge in [-0.2, -0.15) is 0 Å². The number of amides is 1. The van der Waals surface area contributed by atoms with Crippen LogP contribution in [0.25, 0.3) is 0 Å². The van der Waals surface area contributed by atoms with Crippen molar-refractivity contribution in [3.05, 3.63) is 65.2 Å². The predicted molar refractivity (Wildman–Crippen MR) is 117 cm³/mol. The number of rotatable bonds is 8. The number of hydrogen-bond donors (Lipinski definition) is 1. The zero-order valence-electron chi connectivity index (χ0n) is 17.5. The average Bonchev–Trinajstić information content (AvgIpc) is 2.72. The lowest BCUT2D eigenvalue weighted by molar-refractivity contribution is -0.116. The molecule has 3 rings (SSSR count). The molecule has 1 aliphatic rings. The Kier molecular flexibility index (Phi) is 7.55. The molecule has 2 aromatic carbocycles. The predicted octanol–water partition coefficient (Wildman–Crippen LogP) is 3.39. The van der Waals surface area contributed by atoms with Gasteiger partial charge < -0.3 is 10.2 Å². The monoisotopic (exact) mass is 393 g/mol. The molecule has 0 bridgehead atoms. The number of anilines is 1. The highest BCUT2D eigenvalue weighted by atomic mass is 16.1. The van der Waals surface area contributed by atoms with E-state index in [1.54, 1.807) is 12.1 Å². The summed E-state index contributed by atoms with van der Waals surface area (Å²) in [6.45, 7) is 6.39. The topological polar surface area (TPSA) is 52.7 Å². The summed E-state index contributed by atoms with van der Waals surface area (Å²) in [5.41, 5.74) is 3.94. The molecule has 1 saturated heterocycles. The third-order valence-corrected chi connectivity index (χ3v) is 5.44. The molecule has 1 aliphatic heterocycles. The number of Topliss-reactive ketones (excluding diaryl/α,β-unsaturated/α-hetero) is 1. The van der Waals surface area contributed by atoms with Crippen LogP contribution in [0.5, 0.6) is 0 Å². The van der Waals surface area contributed by atoms with Gasteiger partial charge in [0.25, 0.3) is 0 Å². The van der Waals surface area contributed by atoms with Gasteiger partial charge in [-0.15, -0.1) is 0 Å². The standard InChI is InChI=1S/C24H31N3O2/c1-19-6-8-20(9-7-19)4-3-5-24(29)25-22-12-10-21(11-13-22)23(28)18-27-16-14-26(2)15-17-27/h6-13H,3-5,14-18H2,1-2H3,(H,25,29). The van der Waals surface area contributed by atoms with Gasteiger partial charge in [-0.25, -0.2) is 0 Å². The smallest absolute Gasteiger partial charge is 0.224 e. The van der Waals surface area contributed by atoms with Gasteiger partial charge in [-0.3, -0.25) is 14.5 Å². The SMILES string of the molecule is Cc1ccc(CCCC(=O)Nc2ccc(C(=O)CN3CCN(C)CC3)cc2)cc1. The van der Waals surface area contributed by atoms with Crippen molar-refractivity contribution in [1.29, 1.82) is 0 Å². The van der Waals surface area contributed by atoms with Crippen LogP contribution in [0.2, 0.25) is 0 Å². The van der Waals surface area contributed by atoms with Gasteiger partial charge in [0.15, 0.2) is 5.78 Å². The van der Waals surface area contributed by atoms with Crippen molar-refractivity contribution in [2.45, 2.75) is 26.2 Å². The van der Waals surface area contributed by atoms with E-state index in [1.165, 1.54) is 11.1 Å². The van der Waals surface area contributed by atoms with E-state index >= 15 is 0 Å². The minimum atomic E-state index is 0.00799. The van der Waals surface area contributed by atoms with Crippen molar-refractivity contribution in [1.82, 2.24) is 9.80 Å². The highest BCUT2D eigenvalue weighted by Gasteiger charge is 2.17. The molecule has 1 fully saturated rings. The van der Waals surface area contributed by atoms with Gasteiger partial charge in [0.2, 0.25) is 5.91 Å². The largest absolute Gasteiger partial charge is 0.326 e. The van der Waals surface area contributed by atoms with Crippen LogP contribution in [0, 0.1) is 6.92 Å². The molecule has 0 saturated carbocycles. The Labute approximate surface area is 173 Å². The van der Waals surface area contributed by atoms with Crippen LogP contribution in [-0.2, 0) is 11.2 Å². The van der Waals surface area contributed by atoms with Crippen molar-refractivity contribution in [2.75, 3.05) is 45.1 Å². The van der Waals surface area contributed by atoms with Gasteiger partial charge in [0, 0.05) is 43.9 Å². The lowest BCUT2D eigenvalue weighted by atomic mass is 10.1. The van der Waals surface area contributed by atoms with Crippen molar-refractivity contribution in [3.63, 3.8) is 0 Å². The zero-order valence-corrected chi connectivity index (χ0v) is 17.5. The number of carbonyl (C=O) groups excluding carboxylic acids is 2. The third kappa shape index (κ3) is 6.80. The number of nitrogens with one attached hydrogen (secondary N) is 1. The zero-order chi connectivity index (χ0) is 20.6. The van der Waals surface area contributed by atoms with Crippen molar-refractivity contribution >= 4 is 17.4 Å². The molecular formula is C24H31N3O2. The van der Waals surface area contributed by atoms with E-state index in [0.717, 1.165) is 44.7 Å². The fourth-order valence-electron chi connectivity index (χ4n) is 3.47. The van der Waals surface area contributed by atoms with Gasteiger partial charge in [0.05, 0.1) is 6.54 Å². The number of carbonyl (C=O) groups is 2. The first-order valence-electron chi connectivity index (χ1n) is 10.4. The number of benzene rings is 2. The number of piperazine rings is 1. The number of likely N-dealkylation sites (N-methyl/N-ethyl adjacent to an activating group) is 1. The first-order valence-corrected chi connectivity index (χ1v) is 10.4. The number of hydrogen-bond acceptors (Lipinski definition) is 4. The maximum Gasteiger partial charge on any atom is 0.224 e. The summed E-state index contributed by atoms with van der Waals surface area (Å²) < 4.78 is 0. The van der Waals surface area contributed by atoms with Crippen molar-refractivity contribution in [3.8, 4) is 0 Å². The van der Waals surface area contributed by atoms with Gasteiger partial charge >= 0.3 is 0 Å². The second-order valence-electron chi connectivity index (χ2n) is 7.97. The normalized spacial score (nSPS) is 15.2. The quantitative estimate of drug-likeness (QED) is 0.699. The van der Waals surface area contributed by atoms with Crippen LogP contribution in [0.4, 0.5) is 5.69 Å². The van der Waals surface area contributed by atoms with Crippen LogP contribution in [0.1, 0.15) is 34.3 Å². The Morgan fingerprint density at radius 1 is 0.931 bits per heavy atom. The average molecular weight is 394 g/mol. The van der Waals surface area contributed by atoms with Crippen LogP contribution in [-0.4, -0.2) is 61.3 Å². The van der Waals surface area contributed by atoms with Crippen LogP contribution < -0.4 is 5.32 Å². The van der Waals surface area contributed by atoms with Crippen LogP contribution in [0.3, 0.4) is 0 Å². The lowest BCUT2D eigenvalue weighted by Crippen LogP contribution is -2.46. The molecule has 29 heavy (non-hydrogen) atoms. The summed E-state index contributed by atoms with van der Waals surface area (Å²) in [5.74, 6) is 0.138. The molecule has 1 heterocycles. The summed E-state index contributed by atoms with van der Waals surface area (Å²) in [6.07, 6.45) is 2.20. The highest BCUT2D eigenvalue weighted by Crippen LogP contribution is 2.13. The molecule has 5 nitrogen and oxygen atoms in total. The molecular weight excluding hydrogens is 362 g/mol. The van der Waals surface area contributed by atoms with E-state index in [0.29, 0.717) is 18.5 Å². The Morgan fingerprint density at radius 3 is 2.24 bits per heavy atom. The summed E-state index contributed by atoms with van der Waals surface area (Å²) in [5, 5.41) is 2.92. The molecule has 0 radical (unpaired) electrons. The van der Waals surface area contributed by atoms with Crippen molar-refractivity contribution in [2.24, 2.45) is 0 Å². The van der Waals surface area contributed by atoms with Gasteiger partial charge in [-0.1, -0.05) is 29.8 Å². The summed E-state index contributed by atoms with van der Waals surface area (Å²) in [4.78, 5) is 29.1. The first-order chi connectivity index (χ1) is 14.0. The molecule has 5 heteroatoms. The molecule has 1 amide bonds. The summed E-state index contributed by atoms with van der Waals surface area (Å²) in [7, 11) is 2.11. The van der Waals surface area contributed by atoms with E-state index in [2.05, 4.69) is 53.4 Å². The van der Waals surface area contributed by atoms with E-state index in [1.807, 2.05) is 12.1 Å². The molecule has 0 aliphatic carbocycles. The molecule has 0 unspecified atom stereocenters. The lowest BCUT2D eigenvalue weighted by Gasteiger charge is -2.31. The Bertz CT molecular complexity index is 807. The van der Waals surface area contributed by atoms with E-state index in [9.17, 15) is 9.59 Å². The second-order valence-corrected chi connectivity index (χ2v) is 7.97. The first kappa shape index (κ1) is 21.2. The number of ketones is 1. The fraction of sp³-hybridized carbons (Fsp3) is 0.417. The number of nitrogens with zero attached hydrogens (tertiary/aromatic N) is 2. The molecule has 154 valence electrons. The van der Waals surface area contributed by atoms with Gasteiger partial charge in [-0.05, 0) is 56.6 Å². The Morgan fingerprint density at radius 2 is 1.59 bits per heavy atom. The second kappa shape index (κ2) is 10.3. The fourth-order valence-corrected chi connectivity index (χ4v) is 3.47. The minimum Gasteiger partial charge on any atom is -0.326 e. The Balaban J connectivity index is 1.41. The van der Waals surface area contributed by atoms with E-state index in [-0.39, 0.29) is 11.7 Å². The maximum atomic E-state index is 12.5. The van der Waals surface area contributed by atoms with Crippen LogP contribution in [0.15, 0.2) is 48.5 Å². The van der Waals surface area contributed by atoms with Crippen molar-refractivity contribution < 1.29 is 9.59 Å². The molecule has 2 aromatic rings.